The van der Waals surface area contributed by atoms with Crippen molar-refractivity contribution >= 4 is 57.9 Å². The first-order valence-electron chi connectivity index (χ1n) is 11.5. The third kappa shape index (κ3) is 3.69. The molecular formula is C29H25N5O2. The maximum Gasteiger partial charge on any atom is 0.256 e. The summed E-state index contributed by atoms with van der Waals surface area (Å²) >= 11 is 0. The summed E-state index contributed by atoms with van der Waals surface area (Å²) < 4.78 is 0. The van der Waals surface area contributed by atoms with Gasteiger partial charge in [-0.1, -0.05) is 36.4 Å². The molecule has 0 fully saturated rings. The number of para-hydroxylation sites is 2. The first-order chi connectivity index (χ1) is 17.3. The highest BCUT2D eigenvalue weighted by molar-refractivity contribution is 6.36. The Morgan fingerprint density at radius 3 is 1.53 bits per heavy atom. The number of nitriles is 1. The van der Waals surface area contributed by atoms with Crippen molar-refractivity contribution in [3.05, 3.63) is 82.4 Å². The standard InChI is InChI=1S/C29H25N5O2/c1-33(2)26-17(14-21-19-9-5-7-11-24(19)31-28(21)35)13-18(27(34(3)4)23(26)16-30)15-22-20-10-6-8-12-25(20)32-29(22)36/h5-15H,1-4H3,(H,31,35)(H,32,36). The molecule has 0 spiro atoms. The Morgan fingerprint density at radius 1 is 0.722 bits per heavy atom. The summed E-state index contributed by atoms with van der Waals surface area (Å²) in [6.07, 6.45) is 3.64. The van der Waals surface area contributed by atoms with E-state index in [9.17, 15) is 14.9 Å². The zero-order chi connectivity index (χ0) is 25.6. The first-order valence-corrected chi connectivity index (χ1v) is 11.5. The summed E-state index contributed by atoms with van der Waals surface area (Å²) in [5.41, 5.74) is 7.47. The van der Waals surface area contributed by atoms with Gasteiger partial charge in [-0.25, -0.2) is 0 Å². The molecule has 0 unspecified atom stereocenters. The number of benzene rings is 3. The van der Waals surface area contributed by atoms with Crippen molar-refractivity contribution in [1.82, 2.24) is 0 Å². The number of rotatable bonds is 4. The van der Waals surface area contributed by atoms with Gasteiger partial charge in [0.25, 0.3) is 11.8 Å². The fraction of sp³-hybridized carbons (Fsp3) is 0.138. The van der Waals surface area contributed by atoms with Crippen LogP contribution < -0.4 is 20.4 Å². The molecule has 0 radical (unpaired) electrons. The topological polar surface area (TPSA) is 88.5 Å². The lowest BCUT2D eigenvalue weighted by Gasteiger charge is -2.25. The van der Waals surface area contributed by atoms with Crippen LogP contribution in [0.4, 0.5) is 22.7 Å². The first kappa shape index (κ1) is 22.9. The Hall–Kier alpha value is -4.83. The van der Waals surface area contributed by atoms with Crippen LogP contribution >= 0.6 is 0 Å². The van der Waals surface area contributed by atoms with E-state index in [-0.39, 0.29) is 11.8 Å². The van der Waals surface area contributed by atoms with Crippen molar-refractivity contribution in [3.8, 4) is 6.07 Å². The summed E-state index contributed by atoms with van der Waals surface area (Å²) in [7, 11) is 7.50. The molecule has 3 aromatic rings. The Morgan fingerprint density at radius 2 is 1.14 bits per heavy atom. The van der Waals surface area contributed by atoms with E-state index in [1.165, 1.54) is 0 Å². The highest BCUT2D eigenvalue weighted by Gasteiger charge is 2.28. The van der Waals surface area contributed by atoms with Crippen molar-refractivity contribution in [2.75, 3.05) is 48.6 Å². The molecule has 178 valence electrons. The molecule has 2 N–H and O–H groups in total. The average molecular weight is 476 g/mol. The summed E-state index contributed by atoms with van der Waals surface area (Å²) in [5, 5.41) is 16.1. The molecule has 2 aliphatic rings. The van der Waals surface area contributed by atoms with Gasteiger partial charge >= 0.3 is 0 Å². The second-order valence-corrected chi connectivity index (χ2v) is 9.14. The summed E-state index contributed by atoms with van der Waals surface area (Å²) in [5.74, 6) is -0.389. The second-order valence-electron chi connectivity index (χ2n) is 9.14. The number of nitrogens with one attached hydrogen (secondary N) is 2. The molecule has 7 nitrogen and oxygen atoms in total. The predicted octanol–water partition coefficient (Wildman–Crippen LogP) is 4.68. The summed E-state index contributed by atoms with van der Waals surface area (Å²) in [6.45, 7) is 0. The molecule has 0 aliphatic carbocycles. The number of fused-ring (bicyclic) bond motifs is 2. The average Bonchev–Trinajstić information content (AvgIpc) is 3.33. The molecule has 5 rings (SSSR count). The molecule has 7 heteroatoms. The molecule has 0 atom stereocenters. The van der Waals surface area contributed by atoms with Gasteiger partial charge in [-0.3, -0.25) is 9.59 Å². The van der Waals surface area contributed by atoms with E-state index >= 15 is 0 Å². The van der Waals surface area contributed by atoms with Crippen LogP contribution in [0.3, 0.4) is 0 Å². The van der Waals surface area contributed by atoms with Gasteiger partial charge in [-0.05, 0) is 30.4 Å². The number of anilines is 4. The van der Waals surface area contributed by atoms with Crippen LogP contribution in [0.1, 0.15) is 27.8 Å². The maximum absolute atomic E-state index is 12.9. The number of hydrogen-bond acceptors (Lipinski definition) is 5. The molecule has 0 saturated carbocycles. The molecule has 0 bridgehead atoms. The van der Waals surface area contributed by atoms with Crippen LogP contribution in [0.15, 0.2) is 54.6 Å². The van der Waals surface area contributed by atoms with Gasteiger partial charge in [-0.2, -0.15) is 5.26 Å². The van der Waals surface area contributed by atoms with Gasteiger partial charge in [-0.15, -0.1) is 0 Å². The Labute approximate surface area is 210 Å². The monoisotopic (exact) mass is 475 g/mol. The minimum Gasteiger partial charge on any atom is -0.376 e. The van der Waals surface area contributed by atoms with E-state index in [0.29, 0.717) is 39.2 Å². The molecule has 36 heavy (non-hydrogen) atoms. The van der Waals surface area contributed by atoms with Crippen LogP contribution in [0, 0.1) is 11.3 Å². The Kier molecular flexibility index (Phi) is 5.57. The number of hydrogen-bond donors (Lipinski definition) is 2. The van der Waals surface area contributed by atoms with Crippen molar-refractivity contribution in [3.63, 3.8) is 0 Å². The van der Waals surface area contributed by atoms with Gasteiger partial charge in [0.15, 0.2) is 0 Å². The lowest BCUT2D eigenvalue weighted by Crippen LogP contribution is -2.18. The number of nitrogens with zero attached hydrogens (tertiary/aromatic N) is 3. The molecule has 2 heterocycles. The Balaban J connectivity index is 1.80. The second kappa shape index (κ2) is 8.75. The number of amides is 2. The van der Waals surface area contributed by atoms with E-state index in [2.05, 4.69) is 16.7 Å². The third-order valence-electron chi connectivity index (χ3n) is 6.36. The van der Waals surface area contributed by atoms with E-state index in [1.54, 1.807) is 0 Å². The van der Waals surface area contributed by atoms with E-state index in [4.69, 9.17) is 0 Å². The fourth-order valence-corrected chi connectivity index (χ4v) is 4.87. The van der Waals surface area contributed by atoms with E-state index in [1.807, 2.05) is 105 Å². The highest BCUT2D eigenvalue weighted by Crippen LogP contribution is 2.41. The zero-order valence-corrected chi connectivity index (χ0v) is 20.5. The molecule has 0 aromatic heterocycles. The number of carbonyl (C=O) groups excluding carboxylic acids is 2. The quantitative estimate of drug-likeness (QED) is 0.535. The highest BCUT2D eigenvalue weighted by atomic mass is 16.2. The minimum atomic E-state index is -0.194. The fourth-order valence-electron chi connectivity index (χ4n) is 4.87. The minimum absolute atomic E-state index is 0.194. The van der Waals surface area contributed by atoms with Crippen molar-refractivity contribution in [2.45, 2.75) is 0 Å². The van der Waals surface area contributed by atoms with Crippen LogP contribution in [0.25, 0.3) is 23.3 Å². The largest absolute Gasteiger partial charge is 0.376 e. The molecule has 2 aliphatic heterocycles. The molecule has 2 amide bonds. The van der Waals surface area contributed by atoms with Crippen LogP contribution in [-0.2, 0) is 9.59 Å². The summed E-state index contributed by atoms with van der Waals surface area (Å²) in [4.78, 5) is 29.5. The molecule has 0 saturated heterocycles. The van der Waals surface area contributed by atoms with Gasteiger partial charge in [0.2, 0.25) is 0 Å². The lowest BCUT2D eigenvalue weighted by molar-refractivity contribution is -0.111. The van der Waals surface area contributed by atoms with Crippen LogP contribution in [0.2, 0.25) is 0 Å². The number of carbonyl (C=O) groups is 2. The van der Waals surface area contributed by atoms with Crippen molar-refractivity contribution in [1.29, 1.82) is 5.26 Å². The van der Waals surface area contributed by atoms with Gasteiger partial charge < -0.3 is 20.4 Å². The zero-order valence-electron chi connectivity index (χ0n) is 20.5. The van der Waals surface area contributed by atoms with Crippen molar-refractivity contribution < 1.29 is 9.59 Å². The van der Waals surface area contributed by atoms with Gasteiger partial charge in [0.05, 0.1) is 16.9 Å². The van der Waals surface area contributed by atoms with Gasteiger partial charge in [0.1, 0.15) is 6.07 Å². The third-order valence-corrected chi connectivity index (χ3v) is 6.36. The smallest absolute Gasteiger partial charge is 0.256 e. The predicted molar refractivity (Wildman–Crippen MR) is 146 cm³/mol. The van der Waals surface area contributed by atoms with Crippen molar-refractivity contribution in [2.24, 2.45) is 0 Å². The van der Waals surface area contributed by atoms with Gasteiger partial charge in [0, 0.05) is 73.0 Å². The SMILES string of the molecule is CN(C)c1c(C=C2C(=O)Nc3ccccc32)cc(C=C2C(=O)Nc3ccccc32)c(N(C)C)c1C#N. The van der Waals surface area contributed by atoms with E-state index < -0.39 is 0 Å². The van der Waals surface area contributed by atoms with E-state index in [0.717, 1.165) is 22.5 Å². The summed E-state index contributed by atoms with van der Waals surface area (Å²) in [6, 6.07) is 19.4. The van der Waals surface area contributed by atoms with Crippen LogP contribution in [0.5, 0.6) is 0 Å². The van der Waals surface area contributed by atoms with Crippen LogP contribution in [-0.4, -0.2) is 40.0 Å². The molecular weight excluding hydrogens is 450 g/mol. The molecule has 3 aromatic carbocycles. The maximum atomic E-state index is 12.9. The Bertz CT molecular complexity index is 1430. The normalized spacial score (nSPS) is 15.9. The lowest BCUT2D eigenvalue weighted by atomic mass is 9.94.